The number of benzene rings is 1. The fourth-order valence-electron chi connectivity index (χ4n) is 2.31. The third kappa shape index (κ3) is 4.77. The third-order valence-corrected chi connectivity index (χ3v) is 5.14. The predicted octanol–water partition coefficient (Wildman–Crippen LogP) is 4.85. The second kappa shape index (κ2) is 8.08. The van der Waals surface area contributed by atoms with E-state index < -0.39 is 0 Å². The van der Waals surface area contributed by atoms with Crippen molar-refractivity contribution < 1.29 is 4.79 Å². The van der Waals surface area contributed by atoms with Crippen molar-refractivity contribution in [3.63, 3.8) is 0 Å². The summed E-state index contributed by atoms with van der Waals surface area (Å²) < 4.78 is 2.20. The summed E-state index contributed by atoms with van der Waals surface area (Å²) in [5.74, 6) is 0.786. The summed E-state index contributed by atoms with van der Waals surface area (Å²) in [6.45, 7) is 11.3. The molecule has 1 heterocycles. The lowest BCUT2D eigenvalue weighted by Crippen LogP contribution is -2.15. The summed E-state index contributed by atoms with van der Waals surface area (Å²) in [6.07, 6.45) is 0. The number of aryl methyl sites for hydroxylation is 2. The molecule has 0 aliphatic heterocycles. The van der Waals surface area contributed by atoms with Crippen LogP contribution in [0.5, 0.6) is 0 Å². The number of amides is 1. The molecule has 0 aliphatic carbocycles. The van der Waals surface area contributed by atoms with Crippen molar-refractivity contribution in [1.82, 2.24) is 9.55 Å². The van der Waals surface area contributed by atoms with Gasteiger partial charge in [0.25, 0.3) is 0 Å². The predicted molar refractivity (Wildman–Crippen MR) is 102 cm³/mol. The average Bonchev–Trinajstić information content (AvgIpc) is 2.76. The topological polar surface area (TPSA) is 46.9 Å². The van der Waals surface area contributed by atoms with E-state index in [0.717, 1.165) is 28.7 Å². The van der Waals surface area contributed by atoms with E-state index in [9.17, 15) is 4.79 Å². The number of aromatic nitrogens is 2. The number of thioether (sulfide) groups is 1. The van der Waals surface area contributed by atoms with E-state index in [2.05, 4.69) is 35.6 Å². The van der Waals surface area contributed by atoms with E-state index in [1.54, 1.807) is 6.07 Å². The van der Waals surface area contributed by atoms with Crippen LogP contribution in [0.25, 0.3) is 0 Å². The highest BCUT2D eigenvalue weighted by atomic mass is 35.5. The number of hydrogen-bond donors (Lipinski definition) is 1. The van der Waals surface area contributed by atoms with Gasteiger partial charge in [-0.05, 0) is 44.4 Å². The Balaban J connectivity index is 2.01. The van der Waals surface area contributed by atoms with Crippen LogP contribution in [0.2, 0.25) is 5.02 Å². The largest absolute Gasteiger partial charge is 0.325 e. The molecule has 0 radical (unpaired) electrons. The van der Waals surface area contributed by atoms with Gasteiger partial charge in [0.2, 0.25) is 5.91 Å². The monoisotopic (exact) mass is 365 g/mol. The minimum absolute atomic E-state index is 0.0608. The lowest BCUT2D eigenvalue weighted by molar-refractivity contribution is -0.113. The van der Waals surface area contributed by atoms with Gasteiger partial charge >= 0.3 is 0 Å². The van der Waals surface area contributed by atoms with Crippen LogP contribution in [0.3, 0.4) is 0 Å². The molecular weight excluding hydrogens is 342 g/mol. The molecule has 1 aromatic carbocycles. The molecule has 0 bridgehead atoms. The minimum atomic E-state index is -0.0608. The standard InChI is InChI=1S/C18H24ClN3OS/c1-11(2)9-22-14(5)13(4)20-18(22)24-10-17(23)21-15-7-6-12(3)16(19)8-15/h6-8,11H,9-10H2,1-5H3,(H,21,23). The van der Waals surface area contributed by atoms with Gasteiger partial charge in [0.1, 0.15) is 0 Å². The molecule has 0 aliphatic rings. The summed E-state index contributed by atoms with van der Waals surface area (Å²) in [5, 5.41) is 4.43. The molecule has 130 valence electrons. The SMILES string of the molecule is Cc1ccc(NC(=O)CSc2nc(C)c(C)n2CC(C)C)cc1Cl. The summed E-state index contributed by atoms with van der Waals surface area (Å²) in [6, 6.07) is 5.53. The second-order valence-electron chi connectivity index (χ2n) is 6.37. The first kappa shape index (κ1) is 18.9. The van der Waals surface area contributed by atoms with Gasteiger partial charge in [0.05, 0.1) is 11.4 Å². The number of hydrogen-bond acceptors (Lipinski definition) is 3. The van der Waals surface area contributed by atoms with Crippen LogP contribution < -0.4 is 5.32 Å². The summed E-state index contributed by atoms with van der Waals surface area (Å²) in [5.41, 5.74) is 3.89. The minimum Gasteiger partial charge on any atom is -0.325 e. The molecular formula is C18H24ClN3OS. The van der Waals surface area contributed by atoms with Crippen molar-refractivity contribution in [2.45, 2.75) is 46.3 Å². The van der Waals surface area contributed by atoms with Crippen molar-refractivity contribution in [2.75, 3.05) is 11.1 Å². The second-order valence-corrected chi connectivity index (χ2v) is 7.72. The van der Waals surface area contributed by atoms with E-state index in [-0.39, 0.29) is 5.91 Å². The Bertz CT molecular complexity index is 740. The Hall–Kier alpha value is -1.46. The number of anilines is 1. The van der Waals surface area contributed by atoms with Crippen LogP contribution >= 0.6 is 23.4 Å². The van der Waals surface area contributed by atoms with Gasteiger partial charge in [0.15, 0.2) is 5.16 Å². The molecule has 4 nitrogen and oxygen atoms in total. The maximum Gasteiger partial charge on any atom is 0.234 e. The van der Waals surface area contributed by atoms with Gasteiger partial charge in [-0.25, -0.2) is 4.98 Å². The molecule has 0 saturated heterocycles. The Labute approximate surface area is 153 Å². The van der Waals surface area contributed by atoms with Gasteiger partial charge in [-0.15, -0.1) is 0 Å². The lowest BCUT2D eigenvalue weighted by atomic mass is 10.2. The van der Waals surface area contributed by atoms with Gasteiger partial charge in [0, 0.05) is 22.9 Å². The van der Waals surface area contributed by atoms with Gasteiger partial charge in [-0.1, -0.05) is 43.3 Å². The number of nitrogens with one attached hydrogen (secondary N) is 1. The highest BCUT2D eigenvalue weighted by Gasteiger charge is 2.14. The van der Waals surface area contributed by atoms with Crippen molar-refractivity contribution in [3.8, 4) is 0 Å². The van der Waals surface area contributed by atoms with Crippen molar-refractivity contribution in [3.05, 3.63) is 40.2 Å². The molecule has 6 heteroatoms. The van der Waals surface area contributed by atoms with Gasteiger partial charge in [-0.3, -0.25) is 4.79 Å². The smallest absolute Gasteiger partial charge is 0.234 e. The number of imidazole rings is 1. The first-order valence-corrected chi connectivity index (χ1v) is 9.36. The quantitative estimate of drug-likeness (QED) is 0.744. The molecule has 0 spiro atoms. The van der Waals surface area contributed by atoms with Crippen molar-refractivity contribution in [2.24, 2.45) is 5.92 Å². The van der Waals surface area contributed by atoms with Crippen molar-refractivity contribution in [1.29, 1.82) is 0 Å². The fourth-order valence-corrected chi connectivity index (χ4v) is 3.39. The molecule has 2 aromatic rings. The van der Waals surface area contributed by atoms with E-state index >= 15 is 0 Å². The number of halogens is 1. The molecule has 1 aromatic heterocycles. The Kier molecular flexibility index (Phi) is 6.35. The average molecular weight is 366 g/mol. The summed E-state index contributed by atoms with van der Waals surface area (Å²) in [7, 11) is 0. The third-order valence-electron chi connectivity index (χ3n) is 3.76. The highest BCUT2D eigenvalue weighted by molar-refractivity contribution is 7.99. The fraction of sp³-hybridized carbons (Fsp3) is 0.444. The van der Waals surface area contributed by atoms with Gasteiger partial charge in [-0.2, -0.15) is 0 Å². The Morgan fingerprint density at radius 3 is 2.67 bits per heavy atom. The van der Waals surface area contributed by atoms with Crippen LogP contribution in [-0.2, 0) is 11.3 Å². The molecule has 1 N–H and O–H groups in total. The van der Waals surface area contributed by atoms with E-state index in [1.807, 2.05) is 26.0 Å². The molecule has 0 saturated carbocycles. The van der Waals surface area contributed by atoms with Gasteiger partial charge < -0.3 is 9.88 Å². The van der Waals surface area contributed by atoms with Crippen LogP contribution in [0, 0.1) is 26.7 Å². The molecule has 1 amide bonds. The van der Waals surface area contributed by atoms with E-state index in [0.29, 0.717) is 22.4 Å². The Morgan fingerprint density at radius 2 is 2.04 bits per heavy atom. The van der Waals surface area contributed by atoms with E-state index in [1.165, 1.54) is 11.8 Å². The number of carbonyl (C=O) groups is 1. The van der Waals surface area contributed by atoms with E-state index in [4.69, 9.17) is 11.6 Å². The summed E-state index contributed by atoms with van der Waals surface area (Å²) in [4.78, 5) is 16.8. The maximum atomic E-state index is 12.2. The first-order chi connectivity index (χ1) is 11.3. The zero-order valence-corrected chi connectivity index (χ0v) is 16.4. The molecule has 0 atom stereocenters. The Morgan fingerprint density at radius 1 is 1.33 bits per heavy atom. The number of rotatable bonds is 6. The van der Waals surface area contributed by atoms with Crippen molar-refractivity contribution >= 4 is 35.0 Å². The molecule has 24 heavy (non-hydrogen) atoms. The highest BCUT2D eigenvalue weighted by Crippen LogP contribution is 2.24. The zero-order chi connectivity index (χ0) is 17.9. The molecule has 0 fully saturated rings. The normalized spacial score (nSPS) is 11.1. The number of nitrogens with zero attached hydrogens (tertiary/aromatic N) is 2. The van der Waals surface area contributed by atoms with Crippen LogP contribution in [0.1, 0.15) is 30.8 Å². The van der Waals surface area contributed by atoms with Crippen LogP contribution in [-0.4, -0.2) is 21.2 Å². The lowest BCUT2D eigenvalue weighted by Gasteiger charge is -2.12. The zero-order valence-electron chi connectivity index (χ0n) is 14.8. The molecule has 0 unspecified atom stereocenters. The summed E-state index contributed by atoms with van der Waals surface area (Å²) >= 11 is 7.56. The first-order valence-electron chi connectivity index (χ1n) is 8.00. The molecule has 2 rings (SSSR count). The van der Waals surface area contributed by atoms with Crippen LogP contribution in [0.4, 0.5) is 5.69 Å². The number of carbonyl (C=O) groups excluding carboxylic acids is 1. The maximum absolute atomic E-state index is 12.2. The van der Waals surface area contributed by atoms with Crippen LogP contribution in [0.15, 0.2) is 23.4 Å².